The Bertz CT molecular complexity index is 329. The summed E-state index contributed by atoms with van der Waals surface area (Å²) in [4.78, 5) is 0. The number of ether oxygens (including phenoxy) is 2. The number of hydrogen-bond acceptors (Lipinski definition) is 3. The van der Waals surface area contributed by atoms with Crippen LogP contribution < -0.4 is 5.73 Å². The van der Waals surface area contributed by atoms with Crippen LogP contribution in [0.5, 0.6) is 0 Å². The molecule has 0 fully saturated rings. The van der Waals surface area contributed by atoms with Crippen LogP contribution in [0.4, 0.5) is 8.78 Å². The minimum atomic E-state index is -0.968. The van der Waals surface area contributed by atoms with Gasteiger partial charge in [-0.2, -0.15) is 0 Å². The van der Waals surface area contributed by atoms with Gasteiger partial charge in [-0.1, -0.05) is 12.1 Å². The second kappa shape index (κ2) is 5.16. The summed E-state index contributed by atoms with van der Waals surface area (Å²) in [6.07, 6.45) is -0.804. The minimum absolute atomic E-state index is 0.0312. The van der Waals surface area contributed by atoms with E-state index in [-0.39, 0.29) is 5.56 Å². The average Bonchev–Trinajstić information content (AvgIpc) is 2.23. The van der Waals surface area contributed by atoms with Crippen LogP contribution in [0.1, 0.15) is 11.6 Å². The summed E-state index contributed by atoms with van der Waals surface area (Å²) >= 11 is 0. The van der Waals surface area contributed by atoms with Crippen molar-refractivity contribution >= 4 is 0 Å². The van der Waals surface area contributed by atoms with E-state index >= 15 is 0 Å². The predicted molar refractivity (Wildman–Crippen MR) is 51.1 cm³/mol. The molecule has 84 valence electrons. The van der Waals surface area contributed by atoms with Gasteiger partial charge in [0.15, 0.2) is 17.9 Å². The third-order valence-corrected chi connectivity index (χ3v) is 2.10. The molecule has 1 rings (SSSR count). The fourth-order valence-electron chi connectivity index (χ4n) is 1.31. The van der Waals surface area contributed by atoms with E-state index in [4.69, 9.17) is 15.2 Å². The van der Waals surface area contributed by atoms with Gasteiger partial charge >= 0.3 is 0 Å². The molecule has 0 radical (unpaired) electrons. The summed E-state index contributed by atoms with van der Waals surface area (Å²) in [6, 6.07) is 2.94. The summed E-state index contributed by atoms with van der Waals surface area (Å²) in [5.41, 5.74) is 5.70. The highest BCUT2D eigenvalue weighted by atomic mass is 19.2. The monoisotopic (exact) mass is 217 g/mol. The number of hydrogen-bond donors (Lipinski definition) is 1. The Morgan fingerprint density at radius 2 is 1.80 bits per heavy atom. The second-order valence-electron chi connectivity index (χ2n) is 3.01. The topological polar surface area (TPSA) is 44.5 Å². The number of methoxy groups -OCH3 is 2. The Labute approximate surface area is 86.8 Å². The van der Waals surface area contributed by atoms with Gasteiger partial charge in [0.05, 0.1) is 6.04 Å². The van der Waals surface area contributed by atoms with E-state index in [0.717, 1.165) is 6.07 Å². The molecule has 5 heteroatoms. The fraction of sp³-hybridized carbons (Fsp3) is 0.400. The molecule has 0 heterocycles. The standard InChI is InChI=1S/C10H13F2NO2/c1-14-10(15-2)9(13)6-4-3-5-7(11)8(6)12/h3-5,9-10H,13H2,1-2H3. The third kappa shape index (κ3) is 2.50. The highest BCUT2D eigenvalue weighted by molar-refractivity contribution is 5.22. The molecule has 0 saturated heterocycles. The van der Waals surface area contributed by atoms with E-state index in [0.29, 0.717) is 0 Å². The van der Waals surface area contributed by atoms with Crippen molar-refractivity contribution in [3.05, 3.63) is 35.4 Å². The zero-order valence-corrected chi connectivity index (χ0v) is 8.54. The first-order chi connectivity index (χ1) is 7.11. The van der Waals surface area contributed by atoms with E-state index in [9.17, 15) is 8.78 Å². The molecule has 1 unspecified atom stereocenters. The summed E-state index contributed by atoms with van der Waals surface area (Å²) in [5.74, 6) is -1.90. The smallest absolute Gasteiger partial charge is 0.176 e. The minimum Gasteiger partial charge on any atom is -0.354 e. The maximum atomic E-state index is 13.3. The van der Waals surface area contributed by atoms with Crippen molar-refractivity contribution in [3.8, 4) is 0 Å². The first-order valence-electron chi connectivity index (χ1n) is 4.37. The molecule has 1 aromatic rings. The van der Waals surface area contributed by atoms with Crippen LogP contribution in [0.3, 0.4) is 0 Å². The van der Waals surface area contributed by atoms with Crippen molar-refractivity contribution in [1.29, 1.82) is 0 Å². The molecule has 0 aliphatic carbocycles. The normalized spacial score (nSPS) is 13.2. The van der Waals surface area contributed by atoms with Gasteiger partial charge in [0.2, 0.25) is 0 Å². The zero-order valence-electron chi connectivity index (χ0n) is 8.54. The van der Waals surface area contributed by atoms with Crippen molar-refractivity contribution < 1.29 is 18.3 Å². The molecule has 0 spiro atoms. The lowest BCUT2D eigenvalue weighted by molar-refractivity contribution is -0.117. The van der Waals surface area contributed by atoms with Gasteiger partial charge in [-0.15, -0.1) is 0 Å². The third-order valence-electron chi connectivity index (χ3n) is 2.10. The fourth-order valence-corrected chi connectivity index (χ4v) is 1.31. The van der Waals surface area contributed by atoms with Crippen molar-refractivity contribution in [1.82, 2.24) is 0 Å². The lowest BCUT2D eigenvalue weighted by atomic mass is 10.1. The molecule has 0 bridgehead atoms. The maximum Gasteiger partial charge on any atom is 0.176 e. The van der Waals surface area contributed by atoms with E-state index in [2.05, 4.69) is 0 Å². The molecule has 1 aromatic carbocycles. The number of rotatable bonds is 4. The first kappa shape index (κ1) is 12.0. The zero-order chi connectivity index (χ0) is 11.4. The van der Waals surface area contributed by atoms with Crippen LogP contribution in [0.2, 0.25) is 0 Å². The Hall–Kier alpha value is -1.04. The molecule has 15 heavy (non-hydrogen) atoms. The van der Waals surface area contributed by atoms with Crippen LogP contribution in [0.25, 0.3) is 0 Å². The molecular formula is C10H13F2NO2. The Morgan fingerprint density at radius 1 is 1.20 bits per heavy atom. The molecule has 0 aliphatic heterocycles. The number of nitrogens with two attached hydrogens (primary N) is 1. The summed E-state index contributed by atoms with van der Waals surface area (Å²) in [5, 5.41) is 0. The average molecular weight is 217 g/mol. The molecule has 3 nitrogen and oxygen atoms in total. The molecule has 0 aliphatic rings. The van der Waals surface area contributed by atoms with E-state index in [1.54, 1.807) is 0 Å². The van der Waals surface area contributed by atoms with Gasteiger partial charge in [-0.25, -0.2) is 8.78 Å². The summed E-state index contributed by atoms with van der Waals surface area (Å²) in [7, 11) is 2.76. The molecule has 1 atom stereocenters. The van der Waals surface area contributed by atoms with Crippen LogP contribution in [-0.2, 0) is 9.47 Å². The second-order valence-corrected chi connectivity index (χ2v) is 3.01. The van der Waals surface area contributed by atoms with Gasteiger partial charge in [0.1, 0.15) is 0 Å². The Morgan fingerprint density at radius 3 is 2.33 bits per heavy atom. The molecule has 0 saturated carbocycles. The molecule has 0 amide bonds. The van der Waals surface area contributed by atoms with Gasteiger partial charge in [-0.05, 0) is 6.07 Å². The van der Waals surface area contributed by atoms with Gasteiger partial charge in [-0.3, -0.25) is 0 Å². The van der Waals surface area contributed by atoms with Gasteiger partial charge < -0.3 is 15.2 Å². The van der Waals surface area contributed by atoms with Gasteiger partial charge in [0.25, 0.3) is 0 Å². The highest BCUT2D eigenvalue weighted by Crippen LogP contribution is 2.21. The lowest BCUT2D eigenvalue weighted by Gasteiger charge is -2.21. The Balaban J connectivity index is 2.99. The lowest BCUT2D eigenvalue weighted by Crippen LogP contribution is -2.30. The summed E-state index contributed by atoms with van der Waals surface area (Å²) < 4.78 is 36.0. The van der Waals surface area contributed by atoms with Crippen LogP contribution in [-0.4, -0.2) is 20.5 Å². The van der Waals surface area contributed by atoms with Crippen molar-refractivity contribution in [2.45, 2.75) is 12.3 Å². The maximum absolute atomic E-state index is 13.3. The van der Waals surface area contributed by atoms with Crippen molar-refractivity contribution in [3.63, 3.8) is 0 Å². The van der Waals surface area contributed by atoms with Crippen molar-refractivity contribution in [2.75, 3.05) is 14.2 Å². The molecule has 2 N–H and O–H groups in total. The highest BCUT2D eigenvalue weighted by Gasteiger charge is 2.22. The largest absolute Gasteiger partial charge is 0.354 e. The van der Waals surface area contributed by atoms with Crippen LogP contribution >= 0.6 is 0 Å². The van der Waals surface area contributed by atoms with Crippen molar-refractivity contribution in [2.24, 2.45) is 5.73 Å². The number of benzene rings is 1. The number of halogens is 2. The Kier molecular flexibility index (Phi) is 4.14. The van der Waals surface area contributed by atoms with Crippen LogP contribution in [0.15, 0.2) is 18.2 Å². The van der Waals surface area contributed by atoms with E-state index < -0.39 is 24.0 Å². The predicted octanol–water partition coefficient (Wildman–Crippen LogP) is 1.58. The molecular weight excluding hydrogens is 204 g/mol. The molecule has 0 aromatic heterocycles. The van der Waals surface area contributed by atoms with Crippen LogP contribution in [0, 0.1) is 11.6 Å². The first-order valence-corrected chi connectivity index (χ1v) is 4.37. The van der Waals surface area contributed by atoms with E-state index in [1.807, 2.05) is 0 Å². The van der Waals surface area contributed by atoms with E-state index in [1.165, 1.54) is 26.4 Å². The van der Waals surface area contributed by atoms with Gasteiger partial charge in [0, 0.05) is 19.8 Å². The summed E-state index contributed by atoms with van der Waals surface area (Å²) in [6.45, 7) is 0. The quantitative estimate of drug-likeness (QED) is 0.779. The SMILES string of the molecule is COC(OC)C(N)c1cccc(F)c1F.